The van der Waals surface area contributed by atoms with Crippen molar-refractivity contribution < 1.29 is 9.21 Å². The number of nitrogen functional groups attached to an aromatic ring is 1. The number of nitriles is 2. The van der Waals surface area contributed by atoms with Crippen LogP contribution in [0.25, 0.3) is 11.3 Å². The second kappa shape index (κ2) is 8.52. The van der Waals surface area contributed by atoms with Gasteiger partial charge in [0.15, 0.2) is 0 Å². The first-order valence-corrected chi connectivity index (χ1v) is 9.74. The van der Waals surface area contributed by atoms with Crippen LogP contribution < -0.4 is 11.1 Å². The minimum Gasteiger partial charge on any atom is -0.464 e. The lowest BCUT2D eigenvalue weighted by Gasteiger charge is -2.11. The van der Waals surface area contributed by atoms with Gasteiger partial charge in [-0.25, -0.2) is 4.98 Å². The van der Waals surface area contributed by atoms with Gasteiger partial charge in [-0.15, -0.1) is 22.0 Å². The summed E-state index contributed by atoms with van der Waals surface area (Å²) in [5.41, 5.74) is 6.48. The van der Waals surface area contributed by atoms with Gasteiger partial charge in [0, 0.05) is 12.2 Å². The molecule has 0 aliphatic carbocycles. The van der Waals surface area contributed by atoms with Crippen molar-refractivity contribution in [3.05, 3.63) is 34.5 Å². The fourth-order valence-corrected chi connectivity index (χ4v) is 3.88. The fraction of sp³-hybridized carbons (Fsp3) is 0.176. The minimum absolute atomic E-state index is 0.00388. The molecule has 28 heavy (non-hydrogen) atoms. The second-order valence-corrected chi connectivity index (χ2v) is 7.67. The Bertz CT molecular complexity index is 1090. The van der Waals surface area contributed by atoms with Gasteiger partial charge in [-0.3, -0.25) is 4.79 Å². The van der Waals surface area contributed by atoms with E-state index in [0.717, 1.165) is 5.01 Å². The molecule has 3 rings (SSSR count). The predicted molar refractivity (Wildman–Crippen MR) is 104 cm³/mol. The van der Waals surface area contributed by atoms with Crippen LogP contribution in [0.5, 0.6) is 0 Å². The van der Waals surface area contributed by atoms with Gasteiger partial charge in [0.1, 0.15) is 39.3 Å². The highest BCUT2D eigenvalue weighted by Crippen LogP contribution is 2.35. The van der Waals surface area contributed by atoms with Crippen LogP contribution in [0, 0.1) is 29.6 Å². The third-order valence-corrected chi connectivity index (χ3v) is 5.25. The lowest BCUT2D eigenvalue weighted by Crippen LogP contribution is -2.12. The average molecular weight is 411 g/mol. The maximum atomic E-state index is 12.0. The van der Waals surface area contributed by atoms with Crippen molar-refractivity contribution in [1.82, 2.24) is 15.2 Å². The number of anilines is 2. The molecule has 0 aliphatic rings. The van der Waals surface area contributed by atoms with E-state index in [1.165, 1.54) is 29.4 Å². The number of hydrogen-bond acceptors (Lipinski definition) is 10. The summed E-state index contributed by atoms with van der Waals surface area (Å²) in [6, 6.07) is 7.34. The first-order chi connectivity index (χ1) is 13.5. The van der Waals surface area contributed by atoms with Crippen LogP contribution in [-0.2, 0) is 4.79 Å². The maximum absolute atomic E-state index is 12.0. The Hall–Kier alpha value is -3.41. The number of nitrogens with two attached hydrogens (primary N) is 1. The number of carbonyl (C=O) groups is 1. The average Bonchev–Trinajstić information content (AvgIpc) is 3.33. The maximum Gasteiger partial charge on any atom is 0.227 e. The summed E-state index contributed by atoms with van der Waals surface area (Å²) in [6.07, 6.45) is 1.62. The zero-order chi connectivity index (χ0) is 20.1. The molecule has 0 atom stereocenters. The van der Waals surface area contributed by atoms with Crippen molar-refractivity contribution in [2.75, 3.05) is 16.8 Å². The molecular weight excluding hydrogens is 398 g/mol. The molecule has 0 aromatic carbocycles. The van der Waals surface area contributed by atoms with E-state index in [0.29, 0.717) is 27.2 Å². The number of nitrogens with zero attached hydrogens (tertiary/aromatic N) is 5. The molecule has 0 saturated heterocycles. The highest BCUT2D eigenvalue weighted by atomic mass is 32.2. The van der Waals surface area contributed by atoms with Gasteiger partial charge in [-0.1, -0.05) is 11.3 Å². The van der Waals surface area contributed by atoms with Crippen molar-refractivity contribution in [2.45, 2.75) is 18.4 Å². The lowest BCUT2D eigenvalue weighted by molar-refractivity contribution is -0.115. The molecule has 140 valence electrons. The summed E-state index contributed by atoms with van der Waals surface area (Å²) in [5, 5.41) is 30.9. The second-order valence-electron chi connectivity index (χ2n) is 5.40. The summed E-state index contributed by atoms with van der Waals surface area (Å²) in [7, 11) is 0. The first kappa shape index (κ1) is 19.4. The summed E-state index contributed by atoms with van der Waals surface area (Å²) >= 11 is 2.49. The largest absolute Gasteiger partial charge is 0.464 e. The van der Waals surface area contributed by atoms with E-state index in [9.17, 15) is 15.3 Å². The van der Waals surface area contributed by atoms with Gasteiger partial charge in [-0.2, -0.15) is 10.5 Å². The van der Waals surface area contributed by atoms with E-state index in [4.69, 9.17) is 10.2 Å². The number of nitrogens with one attached hydrogen (secondary N) is 1. The van der Waals surface area contributed by atoms with Crippen LogP contribution in [0.3, 0.4) is 0 Å². The highest BCUT2D eigenvalue weighted by molar-refractivity contribution is 7.99. The molecule has 9 nitrogen and oxygen atoms in total. The Morgan fingerprint density at radius 2 is 2.14 bits per heavy atom. The fourth-order valence-electron chi connectivity index (χ4n) is 2.34. The molecule has 11 heteroatoms. The summed E-state index contributed by atoms with van der Waals surface area (Å²) in [6.45, 7) is 1.80. The number of amides is 1. The van der Waals surface area contributed by atoms with Crippen molar-refractivity contribution in [2.24, 2.45) is 0 Å². The van der Waals surface area contributed by atoms with Crippen LogP contribution in [0.15, 0.2) is 27.8 Å². The van der Waals surface area contributed by atoms with Crippen molar-refractivity contribution in [3.63, 3.8) is 0 Å². The van der Waals surface area contributed by atoms with Crippen molar-refractivity contribution >= 4 is 40.0 Å². The molecule has 3 heterocycles. The third kappa shape index (κ3) is 4.11. The van der Waals surface area contributed by atoms with E-state index < -0.39 is 0 Å². The summed E-state index contributed by atoms with van der Waals surface area (Å²) in [5.74, 6) is 0.487. The predicted octanol–water partition coefficient (Wildman–Crippen LogP) is 2.95. The number of carbonyl (C=O) groups excluding carboxylic acids is 1. The SMILES string of the molecule is Cc1nnc(NC(=O)CCSc2nc(N)c(C#N)c(-c3ccco3)c2C#N)s1. The molecule has 3 aromatic rings. The molecule has 0 unspecified atom stereocenters. The molecule has 0 fully saturated rings. The molecule has 0 radical (unpaired) electrons. The van der Waals surface area contributed by atoms with Crippen LogP contribution in [-0.4, -0.2) is 26.8 Å². The molecule has 0 bridgehead atoms. The van der Waals surface area contributed by atoms with Gasteiger partial charge < -0.3 is 15.5 Å². The normalized spacial score (nSPS) is 10.2. The quantitative estimate of drug-likeness (QED) is 0.582. The van der Waals surface area contributed by atoms with Crippen LogP contribution in [0.4, 0.5) is 10.9 Å². The molecule has 1 amide bonds. The number of furan rings is 1. The Morgan fingerprint density at radius 3 is 2.75 bits per heavy atom. The molecule has 3 aromatic heterocycles. The highest BCUT2D eigenvalue weighted by Gasteiger charge is 2.22. The number of aryl methyl sites for hydroxylation is 1. The Labute approximate surface area is 168 Å². The van der Waals surface area contributed by atoms with Crippen LogP contribution in [0.2, 0.25) is 0 Å². The van der Waals surface area contributed by atoms with Crippen LogP contribution >= 0.6 is 23.1 Å². The van der Waals surface area contributed by atoms with E-state index >= 15 is 0 Å². The molecule has 0 spiro atoms. The van der Waals surface area contributed by atoms with Gasteiger partial charge >= 0.3 is 0 Å². The molecular formula is C17H13N7O2S2. The molecule has 0 saturated carbocycles. The number of hydrogen-bond donors (Lipinski definition) is 2. The van der Waals surface area contributed by atoms with Crippen molar-refractivity contribution in [1.29, 1.82) is 10.5 Å². The van der Waals surface area contributed by atoms with Gasteiger partial charge in [0.05, 0.1) is 17.4 Å². The zero-order valence-electron chi connectivity index (χ0n) is 14.6. The van der Waals surface area contributed by atoms with Gasteiger partial charge in [0.2, 0.25) is 11.0 Å². The Kier molecular flexibility index (Phi) is 5.89. The van der Waals surface area contributed by atoms with E-state index in [1.54, 1.807) is 19.1 Å². The van der Waals surface area contributed by atoms with E-state index in [-0.39, 0.29) is 29.3 Å². The minimum atomic E-state index is -0.227. The third-order valence-electron chi connectivity index (χ3n) is 3.52. The number of pyridine rings is 1. The summed E-state index contributed by atoms with van der Waals surface area (Å²) in [4.78, 5) is 16.2. The van der Waals surface area contributed by atoms with Gasteiger partial charge in [-0.05, 0) is 19.1 Å². The number of aromatic nitrogens is 3. The topological polar surface area (TPSA) is 155 Å². The Balaban J connectivity index is 1.78. The lowest BCUT2D eigenvalue weighted by atomic mass is 10.0. The van der Waals surface area contributed by atoms with Crippen LogP contribution in [0.1, 0.15) is 22.6 Å². The van der Waals surface area contributed by atoms with Gasteiger partial charge in [0.25, 0.3) is 0 Å². The number of thioether (sulfide) groups is 1. The standard InChI is InChI=1S/C17H13N7O2S2/c1-9-23-24-17(28-9)21-13(25)4-6-27-16-11(8-19)14(12-3-2-5-26-12)10(7-18)15(20)22-16/h2-3,5H,4,6H2,1H3,(H2,20,22)(H,21,24,25). The Morgan fingerprint density at radius 1 is 1.36 bits per heavy atom. The summed E-state index contributed by atoms with van der Waals surface area (Å²) < 4.78 is 5.35. The molecule has 3 N–H and O–H groups in total. The van der Waals surface area contributed by atoms with E-state index in [2.05, 4.69) is 26.6 Å². The molecule has 0 aliphatic heterocycles. The zero-order valence-corrected chi connectivity index (χ0v) is 16.2. The van der Waals surface area contributed by atoms with E-state index in [1.807, 2.05) is 6.07 Å². The van der Waals surface area contributed by atoms with Crippen molar-refractivity contribution in [3.8, 4) is 23.5 Å². The first-order valence-electron chi connectivity index (χ1n) is 7.93. The smallest absolute Gasteiger partial charge is 0.227 e. The number of rotatable bonds is 6. The monoisotopic (exact) mass is 411 g/mol.